The van der Waals surface area contributed by atoms with Gasteiger partial charge in [-0.25, -0.2) is 0 Å². The number of rotatable bonds is 7. The van der Waals surface area contributed by atoms with E-state index >= 15 is 0 Å². The smallest absolute Gasteiger partial charge is 0.416 e. The highest BCUT2D eigenvalue weighted by Gasteiger charge is 2.30. The van der Waals surface area contributed by atoms with Crippen molar-refractivity contribution >= 4 is 35.0 Å². The number of hydrogen-bond acceptors (Lipinski definition) is 5. The molecule has 2 atom stereocenters. The van der Waals surface area contributed by atoms with Crippen LogP contribution >= 0.6 is 23.4 Å². The molecule has 1 heterocycles. The molecule has 1 N–H and O–H groups in total. The zero-order valence-electron chi connectivity index (χ0n) is 17.4. The number of halogens is 4. The predicted molar refractivity (Wildman–Crippen MR) is 117 cm³/mol. The Kier molecular flexibility index (Phi) is 7.35. The Balaban J connectivity index is 1.62. The molecular formula is C21H20ClF3N4O2S. The van der Waals surface area contributed by atoms with Crippen LogP contribution in [0.5, 0.6) is 5.75 Å². The molecule has 0 saturated carbocycles. The second-order valence-electron chi connectivity index (χ2n) is 6.91. The number of thioether (sulfide) groups is 1. The van der Waals surface area contributed by atoms with Crippen LogP contribution in [0.1, 0.15) is 31.3 Å². The molecule has 3 rings (SSSR count). The summed E-state index contributed by atoms with van der Waals surface area (Å²) in [5.41, 5.74) is -0.506. The molecule has 1 aromatic heterocycles. The van der Waals surface area contributed by atoms with Crippen LogP contribution in [-0.4, -0.2) is 25.9 Å². The van der Waals surface area contributed by atoms with Gasteiger partial charge in [-0.3, -0.25) is 4.79 Å². The third-order valence-corrected chi connectivity index (χ3v) is 5.95. The molecule has 0 aliphatic carbocycles. The zero-order chi connectivity index (χ0) is 23.5. The minimum atomic E-state index is -4.43. The molecule has 0 aliphatic heterocycles. The summed E-state index contributed by atoms with van der Waals surface area (Å²) in [4.78, 5) is 12.5. The number of nitrogens with one attached hydrogen (secondary N) is 1. The van der Waals surface area contributed by atoms with E-state index in [0.29, 0.717) is 21.8 Å². The van der Waals surface area contributed by atoms with E-state index < -0.39 is 23.1 Å². The Bertz CT molecular complexity index is 1090. The van der Waals surface area contributed by atoms with Gasteiger partial charge in [0.2, 0.25) is 5.91 Å². The van der Waals surface area contributed by atoms with Gasteiger partial charge in [-0.15, -0.1) is 10.2 Å². The van der Waals surface area contributed by atoms with E-state index in [2.05, 4.69) is 15.5 Å². The third kappa shape index (κ3) is 5.74. The highest BCUT2D eigenvalue weighted by molar-refractivity contribution is 8.00. The highest BCUT2D eigenvalue weighted by Crippen LogP contribution is 2.31. The number of benzene rings is 2. The molecule has 2 aromatic carbocycles. The summed E-state index contributed by atoms with van der Waals surface area (Å²) in [7, 11) is 1.75. The maximum atomic E-state index is 12.7. The number of carbonyl (C=O) groups is 1. The van der Waals surface area contributed by atoms with E-state index in [1.807, 2.05) is 13.0 Å². The Morgan fingerprint density at radius 1 is 1.12 bits per heavy atom. The van der Waals surface area contributed by atoms with E-state index in [4.69, 9.17) is 16.3 Å². The van der Waals surface area contributed by atoms with Crippen molar-refractivity contribution in [2.45, 2.75) is 36.5 Å². The van der Waals surface area contributed by atoms with Crippen LogP contribution in [0.2, 0.25) is 5.02 Å². The molecule has 1 amide bonds. The topological polar surface area (TPSA) is 69.0 Å². The quantitative estimate of drug-likeness (QED) is 0.433. The van der Waals surface area contributed by atoms with E-state index in [1.165, 1.54) is 23.9 Å². The monoisotopic (exact) mass is 484 g/mol. The van der Waals surface area contributed by atoms with E-state index in [0.717, 1.165) is 12.1 Å². The molecule has 0 radical (unpaired) electrons. The molecule has 0 saturated heterocycles. The summed E-state index contributed by atoms with van der Waals surface area (Å²) >= 11 is 7.30. The lowest BCUT2D eigenvalue weighted by atomic mass is 10.2. The molecule has 0 bridgehead atoms. The van der Waals surface area contributed by atoms with E-state index in [9.17, 15) is 18.0 Å². The van der Waals surface area contributed by atoms with E-state index in [1.54, 1.807) is 36.7 Å². The molecule has 3 aromatic rings. The Hall–Kier alpha value is -2.72. The average Bonchev–Trinajstić information content (AvgIpc) is 3.09. The van der Waals surface area contributed by atoms with Gasteiger partial charge in [0.15, 0.2) is 17.1 Å². The third-order valence-electron chi connectivity index (χ3n) is 4.50. The normalized spacial score (nSPS) is 13.5. The van der Waals surface area contributed by atoms with Crippen LogP contribution in [0.4, 0.5) is 18.9 Å². The maximum Gasteiger partial charge on any atom is 0.416 e. The fraction of sp³-hybridized carbons (Fsp3) is 0.286. The van der Waals surface area contributed by atoms with Crippen molar-refractivity contribution in [3.05, 3.63) is 64.9 Å². The van der Waals surface area contributed by atoms with Gasteiger partial charge >= 0.3 is 6.18 Å². The number of aromatic nitrogens is 3. The number of para-hydroxylation sites is 1. The average molecular weight is 485 g/mol. The first kappa shape index (κ1) is 23.9. The lowest BCUT2D eigenvalue weighted by Crippen LogP contribution is -2.23. The number of anilines is 1. The van der Waals surface area contributed by atoms with Crippen molar-refractivity contribution in [3.8, 4) is 5.75 Å². The summed E-state index contributed by atoms with van der Waals surface area (Å²) in [5, 5.41) is 11.3. The molecule has 11 heteroatoms. The Labute approximate surface area is 192 Å². The minimum Gasteiger partial charge on any atom is -0.481 e. The van der Waals surface area contributed by atoms with Gasteiger partial charge in [-0.2, -0.15) is 13.2 Å². The molecule has 0 spiro atoms. The number of nitrogens with zero attached hydrogens (tertiary/aromatic N) is 3. The first-order chi connectivity index (χ1) is 15.1. The van der Waals surface area contributed by atoms with Crippen molar-refractivity contribution in [2.24, 2.45) is 7.05 Å². The lowest BCUT2D eigenvalue weighted by Gasteiger charge is -2.16. The summed E-state index contributed by atoms with van der Waals surface area (Å²) in [5.74, 6) is 0.686. The predicted octanol–water partition coefficient (Wildman–Crippen LogP) is 5.75. The fourth-order valence-electron chi connectivity index (χ4n) is 2.76. The first-order valence-electron chi connectivity index (χ1n) is 9.51. The summed E-state index contributed by atoms with van der Waals surface area (Å²) in [6.45, 7) is 3.48. The summed E-state index contributed by atoms with van der Waals surface area (Å²) in [6.07, 6.45) is -4.88. The molecule has 0 fully saturated rings. The SMILES string of the molecule is CC(Sc1nnc(C(C)Oc2ccccc2Cl)n1C)C(=O)Nc1ccc(C(F)(F)F)cc1. The van der Waals surface area contributed by atoms with Gasteiger partial charge in [-0.1, -0.05) is 35.5 Å². The number of alkyl halides is 3. The second kappa shape index (κ2) is 9.83. The molecule has 170 valence electrons. The van der Waals surface area contributed by atoms with Gasteiger partial charge in [0.05, 0.1) is 15.8 Å². The van der Waals surface area contributed by atoms with Crippen LogP contribution in [0.25, 0.3) is 0 Å². The number of carbonyl (C=O) groups excluding carboxylic acids is 1. The van der Waals surface area contributed by atoms with Gasteiger partial charge in [0, 0.05) is 12.7 Å². The van der Waals surface area contributed by atoms with Gasteiger partial charge in [-0.05, 0) is 50.2 Å². The number of ether oxygens (including phenoxy) is 1. The minimum absolute atomic E-state index is 0.274. The van der Waals surface area contributed by atoms with Crippen molar-refractivity contribution in [2.75, 3.05) is 5.32 Å². The second-order valence-corrected chi connectivity index (χ2v) is 8.63. The van der Waals surface area contributed by atoms with Crippen LogP contribution in [0, 0.1) is 0 Å². The van der Waals surface area contributed by atoms with Crippen molar-refractivity contribution < 1.29 is 22.7 Å². The largest absolute Gasteiger partial charge is 0.481 e. The van der Waals surface area contributed by atoms with Gasteiger partial charge < -0.3 is 14.6 Å². The molecular weight excluding hydrogens is 465 g/mol. The van der Waals surface area contributed by atoms with Crippen molar-refractivity contribution in [1.29, 1.82) is 0 Å². The maximum absolute atomic E-state index is 12.7. The summed E-state index contributed by atoms with van der Waals surface area (Å²) in [6, 6.07) is 11.3. The van der Waals surface area contributed by atoms with Crippen LogP contribution in [-0.2, 0) is 18.0 Å². The van der Waals surface area contributed by atoms with Gasteiger partial charge in [0.1, 0.15) is 5.75 Å². The zero-order valence-corrected chi connectivity index (χ0v) is 18.9. The highest BCUT2D eigenvalue weighted by atomic mass is 35.5. The molecule has 0 aliphatic rings. The van der Waals surface area contributed by atoms with Crippen LogP contribution in [0.15, 0.2) is 53.7 Å². The fourth-order valence-corrected chi connectivity index (χ4v) is 3.77. The standard InChI is InChI=1S/C21H20ClF3N4O2S/c1-12(31-17-7-5-4-6-16(17)22)18-27-28-20(29(18)3)32-13(2)19(30)26-15-10-8-14(9-11-15)21(23,24)25/h4-13H,1-3H3,(H,26,30). The summed E-state index contributed by atoms with van der Waals surface area (Å²) < 4.78 is 45.6. The lowest BCUT2D eigenvalue weighted by molar-refractivity contribution is -0.137. The van der Waals surface area contributed by atoms with E-state index in [-0.39, 0.29) is 11.6 Å². The van der Waals surface area contributed by atoms with Crippen LogP contribution < -0.4 is 10.1 Å². The number of hydrogen-bond donors (Lipinski definition) is 1. The Morgan fingerprint density at radius 2 is 1.78 bits per heavy atom. The Morgan fingerprint density at radius 3 is 2.41 bits per heavy atom. The van der Waals surface area contributed by atoms with Crippen LogP contribution in [0.3, 0.4) is 0 Å². The first-order valence-corrected chi connectivity index (χ1v) is 10.8. The van der Waals surface area contributed by atoms with Crippen molar-refractivity contribution in [3.63, 3.8) is 0 Å². The van der Waals surface area contributed by atoms with Gasteiger partial charge in [0.25, 0.3) is 0 Å². The van der Waals surface area contributed by atoms with Crippen molar-refractivity contribution in [1.82, 2.24) is 14.8 Å². The molecule has 2 unspecified atom stereocenters. The number of amides is 1. The molecule has 32 heavy (non-hydrogen) atoms. The molecule has 6 nitrogen and oxygen atoms in total.